The molecule has 2 rings (SSSR count). The van der Waals surface area contributed by atoms with Crippen LogP contribution in [0.3, 0.4) is 0 Å². The van der Waals surface area contributed by atoms with Crippen molar-refractivity contribution < 1.29 is 4.42 Å². The molecule has 0 saturated heterocycles. The number of hydrogen-bond donors (Lipinski definition) is 1. The first-order valence-corrected chi connectivity index (χ1v) is 6.03. The Labute approximate surface area is 108 Å². The number of nitrogens with one attached hydrogen (secondary N) is 1. The molecule has 0 saturated carbocycles. The van der Waals surface area contributed by atoms with E-state index >= 15 is 0 Å². The van der Waals surface area contributed by atoms with Crippen molar-refractivity contribution in [1.82, 2.24) is 9.97 Å². The molecule has 1 atom stereocenters. The summed E-state index contributed by atoms with van der Waals surface area (Å²) in [5.41, 5.74) is 0. The number of aromatic nitrogens is 2. The maximum atomic E-state index is 5.55. The quantitative estimate of drug-likeness (QED) is 0.879. The highest BCUT2D eigenvalue weighted by molar-refractivity contribution is 14.1. The first-order valence-electron chi connectivity index (χ1n) is 4.95. The SMILES string of the molecule is Cc1ccc(C(C)Nc2ncncc2I)o1. The van der Waals surface area contributed by atoms with Gasteiger partial charge in [-0.15, -0.1) is 0 Å². The lowest BCUT2D eigenvalue weighted by Gasteiger charge is -2.12. The number of aryl methyl sites for hydroxylation is 1. The second-order valence-electron chi connectivity index (χ2n) is 3.53. The summed E-state index contributed by atoms with van der Waals surface area (Å²) in [4.78, 5) is 8.13. The second-order valence-corrected chi connectivity index (χ2v) is 4.70. The molecule has 0 spiro atoms. The van der Waals surface area contributed by atoms with Gasteiger partial charge < -0.3 is 9.73 Å². The minimum Gasteiger partial charge on any atom is -0.464 e. The molecule has 16 heavy (non-hydrogen) atoms. The van der Waals surface area contributed by atoms with Crippen molar-refractivity contribution >= 4 is 28.4 Å². The molecule has 0 aliphatic rings. The van der Waals surface area contributed by atoms with Crippen LogP contribution in [-0.2, 0) is 0 Å². The maximum Gasteiger partial charge on any atom is 0.143 e. The van der Waals surface area contributed by atoms with Crippen LogP contribution in [0, 0.1) is 10.5 Å². The van der Waals surface area contributed by atoms with E-state index in [4.69, 9.17) is 4.42 Å². The van der Waals surface area contributed by atoms with Crippen LogP contribution in [0.25, 0.3) is 0 Å². The summed E-state index contributed by atoms with van der Waals surface area (Å²) in [7, 11) is 0. The molecule has 0 aromatic carbocycles. The van der Waals surface area contributed by atoms with Crippen LogP contribution >= 0.6 is 22.6 Å². The minimum absolute atomic E-state index is 0.0946. The van der Waals surface area contributed by atoms with Gasteiger partial charge in [-0.2, -0.15) is 0 Å². The van der Waals surface area contributed by atoms with Gasteiger partial charge in [-0.1, -0.05) is 0 Å². The Morgan fingerprint density at radius 1 is 1.44 bits per heavy atom. The fourth-order valence-electron chi connectivity index (χ4n) is 1.38. The van der Waals surface area contributed by atoms with Crippen LogP contribution < -0.4 is 5.32 Å². The molecule has 1 unspecified atom stereocenters. The van der Waals surface area contributed by atoms with Gasteiger partial charge in [-0.05, 0) is 48.6 Å². The first-order chi connectivity index (χ1) is 7.66. The lowest BCUT2D eigenvalue weighted by atomic mass is 10.2. The standard InChI is InChI=1S/C11H12IN3O/c1-7-3-4-10(16-7)8(2)15-11-9(12)5-13-6-14-11/h3-6,8H,1-2H3,(H,13,14,15). The van der Waals surface area contributed by atoms with Crippen LogP contribution in [0.4, 0.5) is 5.82 Å². The first kappa shape index (κ1) is 11.4. The van der Waals surface area contributed by atoms with E-state index in [1.54, 1.807) is 6.20 Å². The maximum absolute atomic E-state index is 5.55. The van der Waals surface area contributed by atoms with Gasteiger partial charge in [0.05, 0.1) is 9.61 Å². The molecule has 1 N–H and O–H groups in total. The average Bonchev–Trinajstić information content (AvgIpc) is 2.68. The van der Waals surface area contributed by atoms with Crippen molar-refractivity contribution in [3.63, 3.8) is 0 Å². The van der Waals surface area contributed by atoms with Crippen LogP contribution in [0.1, 0.15) is 24.5 Å². The van der Waals surface area contributed by atoms with Crippen molar-refractivity contribution in [2.24, 2.45) is 0 Å². The smallest absolute Gasteiger partial charge is 0.143 e. The van der Waals surface area contributed by atoms with Crippen molar-refractivity contribution in [3.8, 4) is 0 Å². The highest BCUT2D eigenvalue weighted by atomic mass is 127. The summed E-state index contributed by atoms with van der Waals surface area (Å²) in [6, 6.07) is 4.02. The molecule has 2 aromatic heterocycles. The lowest BCUT2D eigenvalue weighted by molar-refractivity contribution is 0.466. The molecule has 0 aliphatic carbocycles. The molecule has 2 heterocycles. The summed E-state index contributed by atoms with van der Waals surface area (Å²) >= 11 is 2.20. The third-order valence-electron chi connectivity index (χ3n) is 2.21. The van der Waals surface area contributed by atoms with Gasteiger partial charge in [0.2, 0.25) is 0 Å². The number of halogens is 1. The molecule has 84 valence electrons. The van der Waals surface area contributed by atoms with Gasteiger partial charge in [0.1, 0.15) is 23.7 Å². The summed E-state index contributed by atoms with van der Waals surface area (Å²) in [5, 5.41) is 3.29. The lowest BCUT2D eigenvalue weighted by Crippen LogP contribution is -2.08. The zero-order valence-corrected chi connectivity index (χ0v) is 11.2. The zero-order chi connectivity index (χ0) is 11.5. The number of anilines is 1. The predicted molar refractivity (Wildman–Crippen MR) is 70.2 cm³/mol. The van der Waals surface area contributed by atoms with Crippen molar-refractivity contribution in [3.05, 3.63) is 39.7 Å². The summed E-state index contributed by atoms with van der Waals surface area (Å²) in [6.45, 7) is 3.97. The number of nitrogens with zero attached hydrogens (tertiary/aromatic N) is 2. The fraction of sp³-hybridized carbons (Fsp3) is 0.273. The van der Waals surface area contributed by atoms with Gasteiger partial charge in [-0.3, -0.25) is 0 Å². The highest BCUT2D eigenvalue weighted by Crippen LogP contribution is 2.22. The Morgan fingerprint density at radius 3 is 2.88 bits per heavy atom. The molecule has 0 fully saturated rings. The molecule has 0 radical (unpaired) electrons. The number of hydrogen-bond acceptors (Lipinski definition) is 4. The van der Waals surface area contributed by atoms with Crippen LogP contribution in [0.2, 0.25) is 0 Å². The van der Waals surface area contributed by atoms with E-state index < -0.39 is 0 Å². The van der Waals surface area contributed by atoms with Crippen LogP contribution in [0.5, 0.6) is 0 Å². The number of rotatable bonds is 3. The number of furan rings is 1. The fourth-order valence-corrected chi connectivity index (χ4v) is 1.84. The average molecular weight is 329 g/mol. The molecule has 2 aromatic rings. The Morgan fingerprint density at radius 2 is 2.25 bits per heavy atom. The van der Waals surface area contributed by atoms with Gasteiger partial charge in [0.25, 0.3) is 0 Å². The summed E-state index contributed by atoms with van der Waals surface area (Å²) < 4.78 is 6.54. The zero-order valence-electron chi connectivity index (χ0n) is 9.07. The van der Waals surface area contributed by atoms with Crippen LogP contribution in [-0.4, -0.2) is 9.97 Å². The Kier molecular flexibility index (Phi) is 3.42. The third kappa shape index (κ3) is 2.52. The molecule has 0 amide bonds. The van der Waals surface area contributed by atoms with Gasteiger partial charge >= 0.3 is 0 Å². The summed E-state index contributed by atoms with van der Waals surface area (Å²) in [6.07, 6.45) is 3.31. The second kappa shape index (κ2) is 4.82. The Bertz CT molecular complexity index is 484. The summed E-state index contributed by atoms with van der Waals surface area (Å²) in [5.74, 6) is 2.66. The highest BCUT2D eigenvalue weighted by Gasteiger charge is 2.11. The van der Waals surface area contributed by atoms with E-state index in [2.05, 4.69) is 37.9 Å². The normalized spacial score (nSPS) is 12.4. The minimum atomic E-state index is 0.0946. The van der Waals surface area contributed by atoms with E-state index in [1.165, 1.54) is 6.33 Å². The van der Waals surface area contributed by atoms with E-state index in [9.17, 15) is 0 Å². The molecule has 4 nitrogen and oxygen atoms in total. The third-order valence-corrected chi connectivity index (χ3v) is 3.00. The van der Waals surface area contributed by atoms with Crippen LogP contribution in [0.15, 0.2) is 29.1 Å². The van der Waals surface area contributed by atoms with Gasteiger partial charge in [0, 0.05) is 6.20 Å². The molecule has 0 aliphatic heterocycles. The molecular weight excluding hydrogens is 317 g/mol. The van der Waals surface area contributed by atoms with Crippen molar-refractivity contribution in [2.75, 3.05) is 5.32 Å². The predicted octanol–water partition coefficient (Wildman–Crippen LogP) is 3.16. The Balaban J connectivity index is 2.13. The molecule has 5 heteroatoms. The van der Waals surface area contributed by atoms with E-state index in [1.807, 2.05) is 26.0 Å². The monoisotopic (exact) mass is 329 g/mol. The van der Waals surface area contributed by atoms with E-state index in [-0.39, 0.29) is 6.04 Å². The molecular formula is C11H12IN3O. The van der Waals surface area contributed by atoms with Gasteiger partial charge in [-0.25, -0.2) is 9.97 Å². The largest absolute Gasteiger partial charge is 0.464 e. The van der Waals surface area contributed by atoms with E-state index in [0.717, 1.165) is 20.9 Å². The topological polar surface area (TPSA) is 51.0 Å². The van der Waals surface area contributed by atoms with Crippen molar-refractivity contribution in [2.45, 2.75) is 19.9 Å². The van der Waals surface area contributed by atoms with Gasteiger partial charge in [0.15, 0.2) is 0 Å². The Hall–Kier alpha value is -1.11. The molecule has 0 bridgehead atoms. The van der Waals surface area contributed by atoms with E-state index in [0.29, 0.717) is 0 Å². The van der Waals surface area contributed by atoms with Crippen molar-refractivity contribution in [1.29, 1.82) is 0 Å².